The molecule has 8 nitrogen and oxygen atoms in total. The van der Waals surface area contributed by atoms with Crippen LogP contribution in [0.5, 0.6) is 0 Å². The highest BCUT2D eigenvalue weighted by molar-refractivity contribution is 7.92. The fourth-order valence-corrected chi connectivity index (χ4v) is 8.22. The molecule has 0 aliphatic heterocycles. The van der Waals surface area contributed by atoms with Crippen molar-refractivity contribution in [3.8, 4) is 0 Å². The van der Waals surface area contributed by atoms with Gasteiger partial charge < -0.3 is 20.5 Å². The molecule has 0 saturated heterocycles. The molecule has 37 heavy (non-hydrogen) atoms. The van der Waals surface area contributed by atoms with Crippen LogP contribution in [0, 0.1) is 29.3 Å². The van der Waals surface area contributed by atoms with Crippen LogP contribution in [0.3, 0.4) is 0 Å². The van der Waals surface area contributed by atoms with E-state index in [1.807, 2.05) is 0 Å². The van der Waals surface area contributed by atoms with Gasteiger partial charge in [0.25, 0.3) is 5.91 Å². The first kappa shape index (κ1) is 27.2. The average molecular weight is 561 g/mol. The van der Waals surface area contributed by atoms with E-state index in [2.05, 4.69) is 10.6 Å². The van der Waals surface area contributed by atoms with Gasteiger partial charge in [0.2, 0.25) is 0 Å². The summed E-state index contributed by atoms with van der Waals surface area (Å²) in [4.78, 5) is 23.8. The number of carbonyl (C=O) groups excluding carboxylic acids is 2. The average Bonchev–Trinajstić information content (AvgIpc) is 3.14. The third-order valence-electron chi connectivity index (χ3n) is 6.90. The van der Waals surface area contributed by atoms with E-state index in [1.165, 1.54) is 19.2 Å². The molecule has 3 N–H and O–H groups in total. The molecule has 0 aromatic heterocycles. The molecule has 2 fully saturated rings. The minimum absolute atomic E-state index is 0.101. The minimum Gasteiger partial charge on any atom is -0.447 e. The molecule has 2 aliphatic rings. The van der Waals surface area contributed by atoms with Crippen LogP contribution in [0.1, 0.15) is 36.0 Å². The lowest BCUT2D eigenvalue weighted by Crippen LogP contribution is -2.49. The zero-order valence-corrected chi connectivity index (χ0v) is 21.1. The maximum absolute atomic E-state index is 13.7. The number of hydrogen-bond acceptors (Lipinski definition) is 6. The van der Waals surface area contributed by atoms with Crippen molar-refractivity contribution in [2.45, 2.75) is 41.4 Å². The predicted molar refractivity (Wildman–Crippen MR) is 128 cm³/mol. The number of anilines is 1. The molecule has 200 valence electrons. The lowest BCUT2D eigenvalue weighted by molar-refractivity contribution is -0.0632. The number of amides is 2. The van der Waals surface area contributed by atoms with E-state index in [9.17, 15) is 36.3 Å². The molecule has 0 spiro atoms. The molecule has 2 amide bonds. The molecular formula is C24H24ClF3N2O6S. The van der Waals surface area contributed by atoms with Gasteiger partial charge in [0.1, 0.15) is 6.61 Å². The number of aliphatic hydroxyl groups is 1. The summed E-state index contributed by atoms with van der Waals surface area (Å²) in [6.45, 7) is -0.270. The summed E-state index contributed by atoms with van der Waals surface area (Å²) in [6, 6.07) is 4.75. The maximum atomic E-state index is 13.7. The van der Waals surface area contributed by atoms with Gasteiger partial charge >= 0.3 is 6.09 Å². The van der Waals surface area contributed by atoms with Crippen LogP contribution >= 0.6 is 11.6 Å². The van der Waals surface area contributed by atoms with E-state index in [0.29, 0.717) is 25.0 Å². The highest BCUT2D eigenvalue weighted by Crippen LogP contribution is 2.51. The fourth-order valence-electron chi connectivity index (χ4n) is 5.37. The third kappa shape index (κ3) is 5.41. The summed E-state index contributed by atoms with van der Waals surface area (Å²) in [6.07, 6.45) is 0.573. The van der Waals surface area contributed by atoms with E-state index in [0.717, 1.165) is 6.07 Å². The first-order valence-electron chi connectivity index (χ1n) is 11.4. The first-order valence-corrected chi connectivity index (χ1v) is 13.3. The van der Waals surface area contributed by atoms with Gasteiger partial charge in [-0.15, -0.1) is 0 Å². The number of benzene rings is 2. The van der Waals surface area contributed by atoms with E-state index in [-0.39, 0.29) is 40.6 Å². The number of sulfone groups is 1. The summed E-state index contributed by atoms with van der Waals surface area (Å²) >= 11 is 6.23. The van der Waals surface area contributed by atoms with Crippen LogP contribution in [0.2, 0.25) is 5.02 Å². The molecule has 0 radical (unpaired) electrons. The summed E-state index contributed by atoms with van der Waals surface area (Å²) in [5, 5.41) is 14.5. The highest BCUT2D eigenvalue weighted by atomic mass is 35.5. The highest BCUT2D eigenvalue weighted by Gasteiger charge is 2.54. The van der Waals surface area contributed by atoms with Crippen LogP contribution in [-0.2, 0) is 14.6 Å². The second kappa shape index (κ2) is 10.1. The minimum atomic E-state index is -4.08. The summed E-state index contributed by atoms with van der Waals surface area (Å²) in [5.41, 5.74) is -1.87. The van der Waals surface area contributed by atoms with Gasteiger partial charge in [-0.05, 0) is 55.7 Å². The SMILES string of the molecule is CNC(=O)OC[C@]1(O)CC2CC[C@@H](C1)C2S(=O)(=O)c1cc(C(=O)Nc2cc(F)c(F)c(F)c2)ccc1Cl. The Balaban J connectivity index is 1.57. The number of halogens is 4. The van der Waals surface area contributed by atoms with Gasteiger partial charge in [0.05, 0.1) is 20.8 Å². The number of nitrogens with one attached hydrogen (secondary N) is 2. The Morgan fingerprint density at radius 3 is 2.27 bits per heavy atom. The molecule has 4 rings (SSSR count). The quantitative estimate of drug-likeness (QED) is 0.458. The Kier molecular flexibility index (Phi) is 7.46. The van der Waals surface area contributed by atoms with Crippen molar-refractivity contribution in [3.63, 3.8) is 0 Å². The molecule has 0 heterocycles. The normalized spacial score (nSPS) is 25.0. The molecular weight excluding hydrogens is 537 g/mol. The number of carbonyl (C=O) groups is 2. The van der Waals surface area contributed by atoms with Crippen molar-refractivity contribution in [1.29, 1.82) is 0 Å². The number of alkyl carbamates (subject to hydrolysis) is 1. The smallest absolute Gasteiger partial charge is 0.406 e. The molecule has 2 unspecified atom stereocenters. The van der Waals surface area contributed by atoms with Crippen LogP contribution in [-0.4, -0.2) is 50.0 Å². The van der Waals surface area contributed by atoms with Gasteiger partial charge in [-0.2, -0.15) is 0 Å². The fraction of sp³-hybridized carbons (Fsp3) is 0.417. The topological polar surface area (TPSA) is 122 Å². The van der Waals surface area contributed by atoms with Crippen LogP contribution in [0.4, 0.5) is 23.7 Å². The molecule has 13 heteroatoms. The molecule has 2 aromatic rings. The lowest BCUT2D eigenvalue weighted by atomic mass is 9.77. The van der Waals surface area contributed by atoms with E-state index < -0.39 is 62.0 Å². The first-order chi connectivity index (χ1) is 17.3. The van der Waals surface area contributed by atoms with Crippen LogP contribution in [0.15, 0.2) is 35.2 Å². The summed E-state index contributed by atoms with van der Waals surface area (Å²) < 4.78 is 72.7. The Labute approximate surface area is 216 Å². The van der Waals surface area contributed by atoms with Crippen molar-refractivity contribution < 1.29 is 41.0 Å². The molecule has 2 aliphatic carbocycles. The number of fused-ring (bicyclic) bond motifs is 2. The largest absolute Gasteiger partial charge is 0.447 e. The zero-order chi connectivity index (χ0) is 27.1. The predicted octanol–water partition coefficient (Wildman–Crippen LogP) is 4.06. The van der Waals surface area contributed by atoms with Crippen molar-refractivity contribution in [2.24, 2.45) is 11.8 Å². The van der Waals surface area contributed by atoms with Crippen LogP contribution in [0.25, 0.3) is 0 Å². The van der Waals surface area contributed by atoms with Gasteiger partial charge in [-0.25, -0.2) is 26.4 Å². The second-order valence-electron chi connectivity index (χ2n) is 9.42. The van der Waals surface area contributed by atoms with Gasteiger partial charge in [0, 0.05) is 30.4 Å². The molecule has 2 saturated carbocycles. The summed E-state index contributed by atoms with van der Waals surface area (Å²) in [7, 11) is -2.69. The van der Waals surface area contributed by atoms with Crippen molar-refractivity contribution in [1.82, 2.24) is 5.32 Å². The Morgan fingerprint density at radius 1 is 1.11 bits per heavy atom. The van der Waals surface area contributed by atoms with E-state index in [1.54, 1.807) is 0 Å². The Hall–Kier alpha value is -2.83. The van der Waals surface area contributed by atoms with E-state index >= 15 is 0 Å². The molecule has 2 bridgehead atoms. The lowest BCUT2D eigenvalue weighted by Gasteiger charge is -2.40. The van der Waals surface area contributed by atoms with Crippen molar-refractivity contribution in [2.75, 3.05) is 19.0 Å². The standard InChI is InChI=1S/C24H24ClF3N2O6S/c1-29-23(32)36-11-24(33)9-13-2-3-14(10-24)21(13)37(34,35)19-6-12(4-5-16(19)25)22(31)30-15-7-17(26)20(28)18(27)8-15/h4-8,13-14,21,33H,2-3,9-11H2,1H3,(H,29,32)(H,30,31)/t13-,14?,21?,24+/m0/s1. The van der Waals surface area contributed by atoms with Crippen molar-refractivity contribution >= 4 is 39.1 Å². The number of hydrogen-bond donors (Lipinski definition) is 3. The third-order valence-corrected chi connectivity index (χ3v) is 9.78. The Morgan fingerprint density at radius 2 is 1.70 bits per heavy atom. The van der Waals surface area contributed by atoms with Gasteiger partial charge in [0.15, 0.2) is 27.3 Å². The molecule has 2 aromatic carbocycles. The maximum Gasteiger partial charge on any atom is 0.406 e. The van der Waals surface area contributed by atoms with Gasteiger partial charge in [-0.3, -0.25) is 4.79 Å². The second-order valence-corrected chi connectivity index (χ2v) is 11.9. The molecule has 4 atom stereocenters. The van der Waals surface area contributed by atoms with E-state index in [4.69, 9.17) is 16.3 Å². The number of ether oxygens (including phenoxy) is 1. The van der Waals surface area contributed by atoms with Crippen molar-refractivity contribution in [3.05, 3.63) is 58.4 Å². The Bertz CT molecular complexity index is 1320. The van der Waals surface area contributed by atoms with Crippen LogP contribution < -0.4 is 10.6 Å². The number of rotatable bonds is 6. The summed E-state index contributed by atoms with van der Waals surface area (Å²) in [5.74, 6) is -6.43. The zero-order valence-electron chi connectivity index (χ0n) is 19.6. The van der Waals surface area contributed by atoms with Gasteiger partial charge in [-0.1, -0.05) is 11.6 Å². The monoisotopic (exact) mass is 560 g/mol.